The number of amides is 3. The summed E-state index contributed by atoms with van der Waals surface area (Å²) in [5.74, 6) is -0.341. The number of aliphatic hydroxyl groups is 1. The van der Waals surface area contributed by atoms with Crippen LogP contribution in [0.15, 0.2) is 0 Å². The molecule has 3 amide bonds. The normalized spacial score (nSPS) is 14.1. The number of hydrogen-bond donors (Lipinski definition) is 3. The lowest BCUT2D eigenvalue weighted by Gasteiger charge is -2.14. The third-order valence-electron chi connectivity index (χ3n) is 1.64. The Bertz CT molecular complexity index is 223. The van der Waals surface area contributed by atoms with Crippen molar-refractivity contribution in [3.05, 3.63) is 0 Å². The predicted octanol–water partition coefficient (Wildman–Crippen LogP) is 0.335. The summed E-state index contributed by atoms with van der Waals surface area (Å²) in [4.78, 5) is 22.4. The van der Waals surface area contributed by atoms with Crippen LogP contribution in [0.25, 0.3) is 0 Å². The molecule has 0 aromatic heterocycles. The van der Waals surface area contributed by atoms with E-state index in [-0.39, 0.29) is 23.0 Å². The van der Waals surface area contributed by atoms with E-state index >= 15 is 0 Å². The Morgan fingerprint density at radius 2 is 2.00 bits per heavy atom. The van der Waals surface area contributed by atoms with Crippen molar-refractivity contribution in [1.82, 2.24) is 10.6 Å². The topological polar surface area (TPSA) is 78.4 Å². The first-order chi connectivity index (χ1) is 7.01. The lowest BCUT2D eigenvalue weighted by atomic mass is 10.4. The fourth-order valence-electron chi connectivity index (χ4n) is 0.872. The molecule has 0 saturated heterocycles. The quantitative estimate of drug-likeness (QED) is 0.641. The van der Waals surface area contributed by atoms with Gasteiger partial charge >= 0.3 is 6.03 Å². The van der Waals surface area contributed by atoms with Crippen molar-refractivity contribution in [2.45, 2.75) is 31.3 Å². The number of urea groups is 1. The first-order valence-electron chi connectivity index (χ1n) is 4.86. The third-order valence-corrected chi connectivity index (χ3v) is 2.87. The van der Waals surface area contributed by atoms with E-state index in [0.717, 1.165) is 0 Å². The molecule has 15 heavy (non-hydrogen) atoms. The number of nitrogens with one attached hydrogen (secondary N) is 2. The van der Waals surface area contributed by atoms with E-state index in [1.165, 1.54) is 11.8 Å². The number of thioether (sulfide) groups is 1. The highest BCUT2D eigenvalue weighted by atomic mass is 32.2. The van der Waals surface area contributed by atoms with Crippen LogP contribution >= 0.6 is 11.8 Å². The largest absolute Gasteiger partial charge is 0.395 e. The van der Waals surface area contributed by atoms with Crippen LogP contribution in [0.1, 0.15) is 20.8 Å². The van der Waals surface area contributed by atoms with E-state index in [2.05, 4.69) is 10.6 Å². The van der Waals surface area contributed by atoms with E-state index in [4.69, 9.17) is 5.11 Å². The molecular formula is C9H18N2O3S. The van der Waals surface area contributed by atoms with Crippen LogP contribution < -0.4 is 10.6 Å². The summed E-state index contributed by atoms with van der Waals surface area (Å²) in [6.45, 7) is 5.79. The molecule has 0 aromatic rings. The highest BCUT2D eigenvalue weighted by Gasteiger charge is 2.18. The maximum absolute atomic E-state index is 11.4. The Kier molecular flexibility index (Phi) is 7.15. The Morgan fingerprint density at radius 3 is 2.47 bits per heavy atom. The Morgan fingerprint density at radius 1 is 1.40 bits per heavy atom. The van der Waals surface area contributed by atoms with Gasteiger partial charge in [-0.2, -0.15) is 0 Å². The van der Waals surface area contributed by atoms with Crippen LogP contribution in [0.4, 0.5) is 4.79 Å². The second-order valence-electron chi connectivity index (χ2n) is 3.12. The Labute approximate surface area is 94.0 Å². The molecule has 0 radical (unpaired) electrons. The third kappa shape index (κ3) is 6.35. The van der Waals surface area contributed by atoms with Crippen molar-refractivity contribution >= 4 is 23.7 Å². The zero-order valence-electron chi connectivity index (χ0n) is 9.24. The number of rotatable bonds is 5. The second-order valence-corrected chi connectivity index (χ2v) is 4.90. The number of aliphatic hydroxyl groups excluding tert-OH is 1. The van der Waals surface area contributed by atoms with Crippen molar-refractivity contribution in [1.29, 1.82) is 0 Å². The average Bonchev–Trinajstić information content (AvgIpc) is 2.17. The standard InChI is InChI=1S/C9H18N2O3S/c1-4-10-9(14)11-8(13)7(3)15-6(2)5-12/h6-7,12H,4-5H2,1-3H3,(H2,10,11,13,14). The van der Waals surface area contributed by atoms with Crippen molar-refractivity contribution in [2.75, 3.05) is 13.2 Å². The fourth-order valence-corrected chi connectivity index (χ4v) is 1.84. The van der Waals surface area contributed by atoms with Gasteiger partial charge in [0.25, 0.3) is 0 Å². The lowest BCUT2D eigenvalue weighted by molar-refractivity contribution is -0.119. The maximum atomic E-state index is 11.4. The summed E-state index contributed by atoms with van der Waals surface area (Å²) in [6.07, 6.45) is 0. The van der Waals surface area contributed by atoms with E-state index in [1.54, 1.807) is 13.8 Å². The summed E-state index contributed by atoms with van der Waals surface area (Å²) in [5.41, 5.74) is 0. The summed E-state index contributed by atoms with van der Waals surface area (Å²) >= 11 is 1.33. The molecule has 0 aliphatic carbocycles. The van der Waals surface area contributed by atoms with Crippen LogP contribution in [0, 0.1) is 0 Å². The maximum Gasteiger partial charge on any atom is 0.321 e. The van der Waals surface area contributed by atoms with Gasteiger partial charge in [0.1, 0.15) is 0 Å². The zero-order valence-corrected chi connectivity index (χ0v) is 10.1. The van der Waals surface area contributed by atoms with Crippen molar-refractivity contribution in [3.8, 4) is 0 Å². The number of carbonyl (C=O) groups is 2. The molecule has 0 saturated carbocycles. The summed E-state index contributed by atoms with van der Waals surface area (Å²) in [6, 6.07) is -0.480. The van der Waals surface area contributed by atoms with Gasteiger partial charge in [0.2, 0.25) is 5.91 Å². The van der Waals surface area contributed by atoms with E-state index < -0.39 is 6.03 Å². The Hall–Kier alpha value is -0.750. The lowest BCUT2D eigenvalue weighted by Crippen LogP contribution is -2.43. The fraction of sp³-hybridized carbons (Fsp3) is 0.778. The molecule has 0 rings (SSSR count). The van der Waals surface area contributed by atoms with Gasteiger partial charge in [0.05, 0.1) is 11.9 Å². The van der Waals surface area contributed by atoms with Gasteiger partial charge in [0, 0.05) is 11.8 Å². The second kappa shape index (κ2) is 7.53. The molecule has 5 nitrogen and oxygen atoms in total. The average molecular weight is 234 g/mol. The van der Waals surface area contributed by atoms with Crippen LogP contribution in [0.2, 0.25) is 0 Å². The van der Waals surface area contributed by atoms with Gasteiger partial charge in [0.15, 0.2) is 0 Å². The molecule has 0 bridgehead atoms. The molecule has 6 heteroatoms. The first-order valence-corrected chi connectivity index (χ1v) is 5.80. The van der Waals surface area contributed by atoms with Gasteiger partial charge in [-0.15, -0.1) is 11.8 Å². The number of imide groups is 1. The number of hydrogen-bond acceptors (Lipinski definition) is 4. The molecule has 0 fully saturated rings. The molecule has 88 valence electrons. The number of carbonyl (C=O) groups excluding carboxylic acids is 2. The van der Waals surface area contributed by atoms with Gasteiger partial charge in [-0.05, 0) is 13.8 Å². The molecule has 3 N–H and O–H groups in total. The summed E-state index contributed by atoms with van der Waals surface area (Å²) in [7, 11) is 0. The van der Waals surface area contributed by atoms with E-state index in [0.29, 0.717) is 6.54 Å². The van der Waals surface area contributed by atoms with Gasteiger partial charge in [-0.3, -0.25) is 10.1 Å². The molecule has 2 atom stereocenters. The minimum atomic E-state index is -0.480. The highest BCUT2D eigenvalue weighted by molar-refractivity contribution is 8.01. The van der Waals surface area contributed by atoms with Gasteiger partial charge < -0.3 is 10.4 Å². The molecule has 0 aliphatic rings. The van der Waals surface area contributed by atoms with Gasteiger partial charge in [-0.1, -0.05) is 6.92 Å². The minimum Gasteiger partial charge on any atom is -0.395 e. The molecule has 0 spiro atoms. The van der Waals surface area contributed by atoms with Crippen molar-refractivity contribution in [3.63, 3.8) is 0 Å². The summed E-state index contributed by atoms with van der Waals surface area (Å²) in [5, 5.41) is 13.1. The van der Waals surface area contributed by atoms with Crippen LogP contribution in [-0.4, -0.2) is 40.7 Å². The van der Waals surface area contributed by atoms with Crippen LogP contribution in [0.5, 0.6) is 0 Å². The Balaban J connectivity index is 3.93. The molecular weight excluding hydrogens is 216 g/mol. The molecule has 0 aromatic carbocycles. The van der Waals surface area contributed by atoms with Crippen LogP contribution in [0.3, 0.4) is 0 Å². The summed E-state index contributed by atoms with van der Waals surface area (Å²) < 4.78 is 0. The molecule has 0 heterocycles. The van der Waals surface area contributed by atoms with Crippen molar-refractivity contribution in [2.24, 2.45) is 0 Å². The van der Waals surface area contributed by atoms with E-state index in [1.807, 2.05) is 6.92 Å². The smallest absolute Gasteiger partial charge is 0.321 e. The monoisotopic (exact) mass is 234 g/mol. The van der Waals surface area contributed by atoms with Crippen LogP contribution in [-0.2, 0) is 4.79 Å². The minimum absolute atomic E-state index is 0.0139. The zero-order chi connectivity index (χ0) is 11.8. The van der Waals surface area contributed by atoms with Gasteiger partial charge in [-0.25, -0.2) is 4.79 Å². The molecule has 2 unspecified atom stereocenters. The predicted molar refractivity (Wildman–Crippen MR) is 60.8 cm³/mol. The van der Waals surface area contributed by atoms with Crippen molar-refractivity contribution < 1.29 is 14.7 Å². The molecule has 0 aliphatic heterocycles. The van der Waals surface area contributed by atoms with E-state index in [9.17, 15) is 9.59 Å². The SMILES string of the molecule is CCNC(=O)NC(=O)C(C)SC(C)CO. The highest BCUT2D eigenvalue weighted by Crippen LogP contribution is 2.16. The first kappa shape index (κ1) is 14.2.